The molecule has 1 saturated heterocycles. The molecule has 3 amide bonds. The fraction of sp³-hybridized carbons (Fsp3) is 0.457. The number of aromatic nitrogens is 1. The molecule has 43 heavy (non-hydrogen) atoms. The van der Waals surface area contributed by atoms with Crippen molar-refractivity contribution in [3.8, 4) is 0 Å². The molecule has 3 aliphatic rings. The van der Waals surface area contributed by atoms with E-state index >= 15 is 0 Å². The van der Waals surface area contributed by atoms with Crippen LogP contribution >= 0.6 is 0 Å². The average molecular weight is 582 g/mol. The highest BCUT2D eigenvalue weighted by atomic mass is 16.2. The van der Waals surface area contributed by atoms with Gasteiger partial charge >= 0.3 is 6.03 Å². The van der Waals surface area contributed by atoms with E-state index in [-0.39, 0.29) is 29.5 Å². The zero-order chi connectivity index (χ0) is 30.1. The van der Waals surface area contributed by atoms with Gasteiger partial charge in [-0.1, -0.05) is 51.8 Å². The number of aryl methyl sites for hydroxylation is 1. The highest BCUT2D eigenvalue weighted by Gasteiger charge is 2.35. The predicted molar refractivity (Wildman–Crippen MR) is 172 cm³/mol. The molecule has 0 unspecified atom stereocenters. The molecule has 0 spiro atoms. The molecule has 8 heteroatoms. The SMILES string of the molecule is CCc1ccc(NC(=O)Nc2cc(C(=O)N[C@@H]3CCC[C@@H](C)[C@H]3C)ccc2N2C[C@H]3C[C@@H](C2)c2cccc(=O)n2C3)cc1. The van der Waals surface area contributed by atoms with Gasteiger partial charge in [-0.15, -0.1) is 0 Å². The Balaban J connectivity index is 1.27. The van der Waals surface area contributed by atoms with Gasteiger partial charge < -0.3 is 25.4 Å². The zero-order valence-electron chi connectivity index (χ0n) is 25.4. The molecule has 2 aromatic carbocycles. The minimum Gasteiger partial charge on any atom is -0.369 e. The van der Waals surface area contributed by atoms with Crippen molar-refractivity contribution in [2.75, 3.05) is 28.6 Å². The Morgan fingerprint density at radius 3 is 2.53 bits per heavy atom. The molecule has 6 rings (SSSR count). The van der Waals surface area contributed by atoms with Crippen molar-refractivity contribution in [3.63, 3.8) is 0 Å². The van der Waals surface area contributed by atoms with Crippen LogP contribution in [-0.4, -0.2) is 35.6 Å². The Morgan fingerprint density at radius 1 is 0.930 bits per heavy atom. The van der Waals surface area contributed by atoms with Crippen molar-refractivity contribution in [2.24, 2.45) is 17.8 Å². The van der Waals surface area contributed by atoms with Gasteiger partial charge in [-0.3, -0.25) is 9.59 Å². The lowest BCUT2D eigenvalue weighted by molar-refractivity contribution is 0.0891. The van der Waals surface area contributed by atoms with E-state index in [1.807, 2.05) is 53.1 Å². The molecule has 2 aliphatic heterocycles. The van der Waals surface area contributed by atoms with E-state index in [9.17, 15) is 14.4 Å². The second-order valence-electron chi connectivity index (χ2n) is 12.8. The summed E-state index contributed by atoms with van der Waals surface area (Å²) in [4.78, 5) is 41.6. The first kappa shape index (κ1) is 29.0. The maximum atomic E-state index is 13.5. The first-order valence-corrected chi connectivity index (χ1v) is 15.9. The molecule has 3 heterocycles. The topological polar surface area (TPSA) is 95.5 Å². The maximum absolute atomic E-state index is 13.5. The average Bonchev–Trinajstić information content (AvgIpc) is 3.00. The third-order valence-corrected chi connectivity index (χ3v) is 9.97. The number of amides is 3. The minimum absolute atomic E-state index is 0.0590. The first-order valence-electron chi connectivity index (χ1n) is 15.9. The van der Waals surface area contributed by atoms with Gasteiger partial charge in [0.1, 0.15) is 0 Å². The summed E-state index contributed by atoms with van der Waals surface area (Å²) in [5.74, 6) is 1.43. The van der Waals surface area contributed by atoms with E-state index in [0.29, 0.717) is 41.2 Å². The van der Waals surface area contributed by atoms with Gasteiger partial charge in [-0.2, -0.15) is 0 Å². The summed E-state index contributed by atoms with van der Waals surface area (Å²) in [6.45, 7) is 8.78. The molecule has 2 bridgehead atoms. The van der Waals surface area contributed by atoms with E-state index in [2.05, 4.69) is 47.7 Å². The van der Waals surface area contributed by atoms with Crippen LogP contribution in [0.2, 0.25) is 0 Å². The number of urea groups is 1. The standard InChI is InChI=1S/C35H43N5O3/c1-4-24-11-14-28(15-12-24)36-35(43)38-30-18-26(34(42)37-29-8-5-7-22(2)23(29)3)13-16-32(30)39-19-25-17-27(21-39)31-9-6-10-33(41)40(31)20-25/h6,9-16,18,22-23,25,27,29H,4-5,7-8,17,19-21H2,1-3H3,(H,37,42)(H2,36,38,43)/t22-,23-,25-,27+,29-/m1/s1. The van der Waals surface area contributed by atoms with Crippen molar-refractivity contribution in [1.29, 1.82) is 0 Å². The van der Waals surface area contributed by atoms with Crippen LogP contribution in [0.5, 0.6) is 0 Å². The lowest BCUT2D eigenvalue weighted by Crippen LogP contribution is -2.47. The predicted octanol–water partition coefficient (Wildman–Crippen LogP) is 6.23. The fourth-order valence-corrected chi connectivity index (χ4v) is 7.29. The van der Waals surface area contributed by atoms with Crippen molar-refractivity contribution >= 4 is 29.0 Å². The van der Waals surface area contributed by atoms with E-state index < -0.39 is 0 Å². The molecular formula is C35H43N5O3. The van der Waals surface area contributed by atoms with Crippen LogP contribution < -0.4 is 26.4 Å². The molecule has 226 valence electrons. The highest BCUT2D eigenvalue weighted by molar-refractivity contribution is 6.04. The second-order valence-corrected chi connectivity index (χ2v) is 12.8. The normalized spacial score (nSPS) is 24.5. The molecule has 8 nitrogen and oxygen atoms in total. The number of hydrogen-bond donors (Lipinski definition) is 3. The summed E-state index contributed by atoms with van der Waals surface area (Å²) in [6.07, 6.45) is 5.27. The Morgan fingerprint density at radius 2 is 1.74 bits per heavy atom. The fourth-order valence-electron chi connectivity index (χ4n) is 7.29. The highest BCUT2D eigenvalue weighted by Crippen LogP contribution is 2.39. The van der Waals surface area contributed by atoms with Crippen LogP contribution in [0.4, 0.5) is 21.9 Å². The molecule has 5 atom stereocenters. The van der Waals surface area contributed by atoms with Crippen molar-refractivity contribution in [3.05, 3.63) is 87.8 Å². The summed E-state index contributed by atoms with van der Waals surface area (Å²) in [6, 6.07) is 18.8. The molecular weight excluding hydrogens is 538 g/mol. The maximum Gasteiger partial charge on any atom is 0.323 e. The van der Waals surface area contributed by atoms with Crippen LogP contribution in [0.3, 0.4) is 0 Å². The number of hydrogen-bond acceptors (Lipinski definition) is 4. The third-order valence-electron chi connectivity index (χ3n) is 9.97. The van der Waals surface area contributed by atoms with Crippen molar-refractivity contribution in [1.82, 2.24) is 9.88 Å². The van der Waals surface area contributed by atoms with Gasteiger partial charge in [0.05, 0.1) is 11.4 Å². The number of nitrogens with one attached hydrogen (secondary N) is 3. The van der Waals surface area contributed by atoms with Gasteiger partial charge in [0.15, 0.2) is 0 Å². The number of benzene rings is 2. The van der Waals surface area contributed by atoms with Gasteiger partial charge in [0.25, 0.3) is 11.5 Å². The molecule has 2 fully saturated rings. The largest absolute Gasteiger partial charge is 0.369 e. The lowest BCUT2D eigenvalue weighted by Gasteiger charge is -2.44. The number of anilines is 3. The Labute approximate surface area is 253 Å². The summed E-state index contributed by atoms with van der Waals surface area (Å²) >= 11 is 0. The molecule has 1 saturated carbocycles. The van der Waals surface area contributed by atoms with Crippen LogP contribution in [0.25, 0.3) is 0 Å². The summed E-state index contributed by atoms with van der Waals surface area (Å²) in [5.41, 5.74) is 5.06. The van der Waals surface area contributed by atoms with Crippen molar-refractivity contribution in [2.45, 2.75) is 71.4 Å². The van der Waals surface area contributed by atoms with E-state index in [1.165, 1.54) is 12.0 Å². The van der Waals surface area contributed by atoms with E-state index in [1.54, 1.807) is 6.07 Å². The number of carbonyl (C=O) groups excluding carboxylic acids is 2. The number of nitrogens with zero attached hydrogens (tertiary/aromatic N) is 2. The van der Waals surface area contributed by atoms with Crippen molar-refractivity contribution < 1.29 is 9.59 Å². The number of pyridine rings is 1. The summed E-state index contributed by atoms with van der Waals surface area (Å²) in [5, 5.41) is 9.30. The molecule has 3 N–H and O–H groups in total. The molecule has 1 aliphatic carbocycles. The Hall–Kier alpha value is -4.07. The number of carbonyl (C=O) groups is 2. The van der Waals surface area contributed by atoms with Crippen LogP contribution in [0.15, 0.2) is 65.5 Å². The van der Waals surface area contributed by atoms with Crippen LogP contribution in [0, 0.1) is 17.8 Å². The number of rotatable bonds is 6. The van der Waals surface area contributed by atoms with Crippen LogP contribution in [0.1, 0.15) is 74.0 Å². The van der Waals surface area contributed by atoms with E-state index in [4.69, 9.17) is 0 Å². The van der Waals surface area contributed by atoms with Gasteiger partial charge in [0, 0.05) is 54.6 Å². The molecule has 1 aromatic heterocycles. The van der Waals surface area contributed by atoms with Crippen LogP contribution in [-0.2, 0) is 13.0 Å². The molecule has 0 radical (unpaired) electrons. The lowest BCUT2D eigenvalue weighted by atomic mass is 9.78. The monoisotopic (exact) mass is 581 g/mol. The molecule has 3 aromatic rings. The van der Waals surface area contributed by atoms with E-state index in [0.717, 1.165) is 50.2 Å². The summed E-state index contributed by atoms with van der Waals surface area (Å²) < 4.78 is 1.92. The Bertz CT molecular complexity index is 1550. The van der Waals surface area contributed by atoms with Gasteiger partial charge in [-0.05, 0) is 79.0 Å². The number of fused-ring (bicyclic) bond motifs is 4. The quantitative estimate of drug-likeness (QED) is 0.322. The Kier molecular flexibility index (Phi) is 8.28. The van der Waals surface area contributed by atoms with Gasteiger partial charge in [-0.25, -0.2) is 4.79 Å². The summed E-state index contributed by atoms with van der Waals surface area (Å²) in [7, 11) is 0. The third kappa shape index (κ3) is 6.19. The van der Waals surface area contributed by atoms with Gasteiger partial charge in [0.2, 0.25) is 0 Å². The second kappa shape index (κ2) is 12.3. The minimum atomic E-state index is -0.355. The number of piperidine rings is 1. The zero-order valence-corrected chi connectivity index (χ0v) is 25.4. The first-order chi connectivity index (χ1) is 20.8. The smallest absolute Gasteiger partial charge is 0.323 e.